The summed E-state index contributed by atoms with van der Waals surface area (Å²) >= 11 is 3.62. The first-order chi connectivity index (χ1) is 11.6. The Bertz CT molecular complexity index is 652. The predicted molar refractivity (Wildman–Crippen MR) is 95.3 cm³/mol. The second-order valence-electron chi connectivity index (χ2n) is 6.09. The van der Waals surface area contributed by atoms with Crippen LogP contribution in [-0.4, -0.2) is 56.2 Å². The number of likely N-dealkylation sites (tertiary alicyclic amines) is 1. The Balaban J connectivity index is 1.90. The maximum atomic E-state index is 12.1. The van der Waals surface area contributed by atoms with Crippen LogP contribution in [0.15, 0.2) is 22.7 Å². The first kappa shape index (κ1) is 17.1. The summed E-state index contributed by atoms with van der Waals surface area (Å²) in [5, 5.41) is 2.70. The standard InChI is InChI=1S/C17H22BrN3O3/c1-3-24-17(23)20-8-7-14-12(9-20)11-5-4-6-13(18)16(11)21(14)10-15(22)19-2/h4-6,12,14H,3,7-10H2,1-2H3,(H,19,22)/t12?,14-/m0/s1. The van der Waals surface area contributed by atoms with Gasteiger partial charge in [0.05, 0.1) is 18.8 Å². The lowest BCUT2D eigenvalue weighted by molar-refractivity contribution is -0.119. The summed E-state index contributed by atoms with van der Waals surface area (Å²) in [4.78, 5) is 28.0. The van der Waals surface area contributed by atoms with Crippen molar-refractivity contribution in [2.24, 2.45) is 0 Å². The Morgan fingerprint density at radius 1 is 1.42 bits per heavy atom. The van der Waals surface area contributed by atoms with Crippen molar-refractivity contribution < 1.29 is 14.3 Å². The number of carbonyl (C=O) groups is 2. The molecule has 130 valence electrons. The molecule has 0 bridgehead atoms. The summed E-state index contributed by atoms with van der Waals surface area (Å²) in [6.07, 6.45) is 0.568. The van der Waals surface area contributed by atoms with Gasteiger partial charge in [0, 0.05) is 36.6 Å². The minimum absolute atomic E-state index is 0.00910. The van der Waals surface area contributed by atoms with Gasteiger partial charge in [0.2, 0.25) is 5.91 Å². The average molecular weight is 396 g/mol. The molecule has 24 heavy (non-hydrogen) atoms. The van der Waals surface area contributed by atoms with Crippen molar-refractivity contribution in [3.05, 3.63) is 28.2 Å². The fourth-order valence-corrected chi connectivity index (χ4v) is 4.34. The number of benzene rings is 1. The van der Waals surface area contributed by atoms with Crippen LogP contribution in [-0.2, 0) is 9.53 Å². The molecule has 1 aromatic carbocycles. The van der Waals surface area contributed by atoms with Gasteiger partial charge in [-0.3, -0.25) is 4.79 Å². The number of para-hydroxylation sites is 1. The lowest BCUT2D eigenvalue weighted by Crippen LogP contribution is -2.50. The molecule has 2 aliphatic heterocycles. The highest BCUT2D eigenvalue weighted by molar-refractivity contribution is 9.10. The van der Waals surface area contributed by atoms with E-state index in [1.807, 2.05) is 19.1 Å². The van der Waals surface area contributed by atoms with Gasteiger partial charge in [-0.1, -0.05) is 12.1 Å². The summed E-state index contributed by atoms with van der Waals surface area (Å²) in [7, 11) is 1.65. The van der Waals surface area contributed by atoms with Crippen LogP contribution in [0.2, 0.25) is 0 Å². The molecule has 7 heteroatoms. The first-order valence-electron chi connectivity index (χ1n) is 8.24. The van der Waals surface area contributed by atoms with Crippen molar-refractivity contribution in [3.63, 3.8) is 0 Å². The Morgan fingerprint density at radius 2 is 2.21 bits per heavy atom. The predicted octanol–water partition coefficient (Wildman–Crippen LogP) is 2.33. The molecular weight excluding hydrogens is 374 g/mol. The van der Waals surface area contributed by atoms with Crippen molar-refractivity contribution in [2.45, 2.75) is 25.3 Å². The molecule has 1 N–H and O–H groups in total. The zero-order valence-electron chi connectivity index (χ0n) is 13.9. The zero-order chi connectivity index (χ0) is 17.3. The van der Waals surface area contributed by atoms with Crippen molar-refractivity contribution in [3.8, 4) is 0 Å². The van der Waals surface area contributed by atoms with E-state index in [0.717, 1.165) is 16.6 Å². The third-order valence-electron chi connectivity index (χ3n) is 4.80. The van der Waals surface area contributed by atoms with E-state index in [4.69, 9.17) is 4.74 Å². The van der Waals surface area contributed by atoms with Gasteiger partial charge < -0.3 is 19.9 Å². The topological polar surface area (TPSA) is 61.9 Å². The molecule has 0 aliphatic carbocycles. The van der Waals surface area contributed by atoms with Gasteiger partial charge in [-0.25, -0.2) is 4.79 Å². The zero-order valence-corrected chi connectivity index (χ0v) is 15.5. The number of anilines is 1. The van der Waals surface area contributed by atoms with Gasteiger partial charge >= 0.3 is 6.09 Å². The van der Waals surface area contributed by atoms with E-state index >= 15 is 0 Å². The van der Waals surface area contributed by atoms with Gasteiger partial charge in [-0.15, -0.1) is 0 Å². The van der Waals surface area contributed by atoms with Crippen molar-refractivity contribution in [2.75, 3.05) is 38.2 Å². The van der Waals surface area contributed by atoms with Crippen LogP contribution in [0.3, 0.4) is 0 Å². The van der Waals surface area contributed by atoms with Crippen LogP contribution >= 0.6 is 15.9 Å². The highest BCUT2D eigenvalue weighted by Gasteiger charge is 2.44. The molecule has 2 heterocycles. The van der Waals surface area contributed by atoms with Crippen molar-refractivity contribution >= 4 is 33.6 Å². The van der Waals surface area contributed by atoms with Gasteiger partial charge in [-0.2, -0.15) is 0 Å². The number of nitrogens with one attached hydrogen (secondary N) is 1. The minimum atomic E-state index is -0.253. The van der Waals surface area contributed by atoms with Crippen molar-refractivity contribution in [1.82, 2.24) is 10.2 Å². The van der Waals surface area contributed by atoms with E-state index in [0.29, 0.717) is 26.2 Å². The van der Waals surface area contributed by atoms with Crippen LogP contribution in [0.25, 0.3) is 0 Å². The number of nitrogens with zero attached hydrogens (tertiary/aromatic N) is 2. The number of hydrogen-bond acceptors (Lipinski definition) is 4. The van der Waals surface area contributed by atoms with E-state index < -0.39 is 0 Å². The average Bonchev–Trinajstić information content (AvgIpc) is 2.89. The van der Waals surface area contributed by atoms with Gasteiger partial charge in [-0.05, 0) is 40.9 Å². The largest absolute Gasteiger partial charge is 0.450 e. The van der Waals surface area contributed by atoms with E-state index in [1.54, 1.807) is 11.9 Å². The third-order valence-corrected chi connectivity index (χ3v) is 5.44. The molecule has 6 nitrogen and oxygen atoms in total. The lowest BCUT2D eigenvalue weighted by Gasteiger charge is -2.38. The Kier molecular flexibility index (Phi) is 4.99. The highest BCUT2D eigenvalue weighted by Crippen LogP contribution is 2.47. The molecule has 1 aromatic rings. The van der Waals surface area contributed by atoms with Crippen LogP contribution in [0.4, 0.5) is 10.5 Å². The molecule has 1 saturated heterocycles. The normalized spacial score (nSPS) is 22.0. The van der Waals surface area contributed by atoms with Crippen molar-refractivity contribution in [1.29, 1.82) is 0 Å². The van der Waals surface area contributed by atoms with Crippen LogP contribution in [0.5, 0.6) is 0 Å². The first-order valence-corrected chi connectivity index (χ1v) is 9.03. The van der Waals surface area contributed by atoms with E-state index in [9.17, 15) is 9.59 Å². The van der Waals surface area contributed by atoms with Gasteiger partial charge in [0.25, 0.3) is 0 Å². The SMILES string of the molecule is CCOC(=O)N1CC[C@H]2C(C1)c1cccc(Br)c1N2CC(=O)NC. The number of fused-ring (bicyclic) bond motifs is 3. The Labute approximate surface area is 150 Å². The molecule has 0 aromatic heterocycles. The number of halogens is 1. The van der Waals surface area contributed by atoms with Crippen LogP contribution in [0, 0.1) is 0 Å². The summed E-state index contributed by atoms with van der Waals surface area (Å²) < 4.78 is 6.14. The summed E-state index contributed by atoms with van der Waals surface area (Å²) in [6, 6.07) is 6.32. The van der Waals surface area contributed by atoms with Gasteiger partial charge in [0.1, 0.15) is 0 Å². The van der Waals surface area contributed by atoms with Gasteiger partial charge in [0.15, 0.2) is 0 Å². The highest BCUT2D eigenvalue weighted by atomic mass is 79.9. The number of ether oxygens (including phenoxy) is 1. The summed E-state index contributed by atoms with van der Waals surface area (Å²) in [5.41, 5.74) is 2.26. The smallest absolute Gasteiger partial charge is 0.409 e. The van der Waals surface area contributed by atoms with E-state index in [1.165, 1.54) is 5.56 Å². The van der Waals surface area contributed by atoms with E-state index in [2.05, 4.69) is 32.2 Å². The number of hydrogen-bond donors (Lipinski definition) is 1. The number of amides is 2. The molecule has 0 saturated carbocycles. The lowest BCUT2D eigenvalue weighted by atomic mass is 9.89. The minimum Gasteiger partial charge on any atom is -0.450 e. The monoisotopic (exact) mass is 395 g/mol. The molecule has 0 radical (unpaired) electrons. The maximum absolute atomic E-state index is 12.1. The molecule has 2 atom stereocenters. The number of likely N-dealkylation sites (N-methyl/N-ethyl adjacent to an activating group) is 1. The quantitative estimate of drug-likeness (QED) is 0.852. The molecule has 2 aliphatic rings. The molecule has 1 fully saturated rings. The Hall–Kier alpha value is -1.76. The number of piperidine rings is 1. The molecule has 1 unspecified atom stereocenters. The Morgan fingerprint density at radius 3 is 2.92 bits per heavy atom. The fourth-order valence-electron chi connectivity index (χ4n) is 3.73. The van der Waals surface area contributed by atoms with Crippen LogP contribution < -0.4 is 10.2 Å². The number of carbonyl (C=O) groups excluding carboxylic acids is 2. The fraction of sp³-hybridized carbons (Fsp3) is 0.529. The number of rotatable bonds is 3. The second-order valence-corrected chi connectivity index (χ2v) is 6.94. The van der Waals surface area contributed by atoms with Crippen LogP contribution in [0.1, 0.15) is 24.8 Å². The summed E-state index contributed by atoms with van der Waals surface area (Å²) in [6.45, 7) is 3.80. The second kappa shape index (κ2) is 7.01. The molecule has 3 rings (SSSR count). The summed E-state index contributed by atoms with van der Waals surface area (Å²) in [5.74, 6) is 0.186. The molecule has 2 amide bonds. The molecule has 0 spiro atoms. The molecular formula is C17H22BrN3O3. The van der Waals surface area contributed by atoms with E-state index in [-0.39, 0.29) is 24.0 Å². The third kappa shape index (κ3) is 2.97. The maximum Gasteiger partial charge on any atom is 0.409 e.